The maximum Gasteiger partial charge on any atom is 0.274 e. The Hall–Kier alpha value is -2.44. The molecule has 0 radical (unpaired) electrons. The number of anilines is 1. The summed E-state index contributed by atoms with van der Waals surface area (Å²) in [7, 11) is 0. The molecule has 0 fully saturated rings. The maximum absolute atomic E-state index is 12.2. The van der Waals surface area contributed by atoms with Gasteiger partial charge in [0, 0.05) is 24.2 Å². The highest BCUT2D eigenvalue weighted by molar-refractivity contribution is 5.97. The Morgan fingerprint density at radius 1 is 1.32 bits per heavy atom. The minimum absolute atomic E-state index is 0.0269. The third-order valence-electron chi connectivity index (χ3n) is 3.24. The summed E-state index contributed by atoms with van der Waals surface area (Å²) in [6, 6.07) is 3.88. The first-order valence-corrected chi connectivity index (χ1v) is 7.11. The van der Waals surface area contributed by atoms with Crippen LogP contribution >= 0.6 is 0 Å². The van der Waals surface area contributed by atoms with Gasteiger partial charge >= 0.3 is 0 Å². The van der Waals surface area contributed by atoms with Crippen molar-refractivity contribution in [1.29, 1.82) is 0 Å². The third-order valence-corrected chi connectivity index (χ3v) is 3.24. The zero-order chi connectivity index (χ0) is 16.9. The molecule has 7 heteroatoms. The van der Waals surface area contributed by atoms with E-state index in [1.54, 1.807) is 12.1 Å². The Balaban J connectivity index is 2.98. The summed E-state index contributed by atoms with van der Waals surface area (Å²) in [6.45, 7) is 6.78. The van der Waals surface area contributed by atoms with E-state index < -0.39 is 16.9 Å². The average Bonchev–Trinajstić information content (AvgIpc) is 2.43. The molecular weight excluding hydrogens is 286 g/mol. The second-order valence-electron chi connectivity index (χ2n) is 5.37. The quantitative estimate of drug-likeness (QED) is 0.621. The van der Waals surface area contributed by atoms with Gasteiger partial charge in [0.05, 0.1) is 4.92 Å². The molecule has 120 valence electrons. The highest BCUT2D eigenvalue weighted by Crippen LogP contribution is 2.24. The molecule has 0 saturated heterocycles. The summed E-state index contributed by atoms with van der Waals surface area (Å²) in [5.74, 6) is -0.807. The highest BCUT2D eigenvalue weighted by atomic mass is 16.6. The topological polar surface area (TPSA) is 101 Å². The molecule has 1 aromatic rings. The molecule has 0 aliphatic rings. The van der Waals surface area contributed by atoms with Crippen molar-refractivity contribution in [2.24, 2.45) is 5.92 Å². The molecule has 2 amide bonds. The minimum Gasteiger partial charge on any atom is -0.344 e. The van der Waals surface area contributed by atoms with Crippen LogP contribution in [0.25, 0.3) is 0 Å². The fourth-order valence-electron chi connectivity index (χ4n) is 2.08. The number of nitro groups is 1. The summed E-state index contributed by atoms with van der Waals surface area (Å²) in [5.41, 5.74) is 0.913. The number of aryl methyl sites for hydroxylation is 1. The van der Waals surface area contributed by atoms with E-state index in [-0.39, 0.29) is 17.5 Å². The molecule has 1 atom stereocenters. The number of hydrogen-bond donors (Lipinski definition) is 2. The number of carbonyl (C=O) groups is 2. The first-order chi connectivity index (χ1) is 10.3. The van der Waals surface area contributed by atoms with Crippen molar-refractivity contribution < 1.29 is 14.5 Å². The zero-order valence-electron chi connectivity index (χ0n) is 13.2. The molecule has 0 saturated carbocycles. The number of rotatable bonds is 6. The van der Waals surface area contributed by atoms with Gasteiger partial charge in [0.15, 0.2) is 0 Å². The van der Waals surface area contributed by atoms with Crippen LogP contribution in [-0.4, -0.2) is 22.8 Å². The van der Waals surface area contributed by atoms with Crippen LogP contribution in [0.3, 0.4) is 0 Å². The van der Waals surface area contributed by atoms with Gasteiger partial charge in [0.2, 0.25) is 11.8 Å². The highest BCUT2D eigenvalue weighted by Gasteiger charge is 2.23. The molecule has 0 aliphatic heterocycles. The van der Waals surface area contributed by atoms with E-state index in [0.29, 0.717) is 17.7 Å². The van der Waals surface area contributed by atoms with Gasteiger partial charge in [-0.3, -0.25) is 19.7 Å². The average molecular weight is 307 g/mol. The van der Waals surface area contributed by atoms with Crippen LogP contribution in [0.1, 0.15) is 33.3 Å². The Morgan fingerprint density at radius 3 is 2.41 bits per heavy atom. The SMILES string of the molecule is CCc1ccc(NC(=O)C(NC(C)=O)C(C)C)cc1[N+](=O)[O-]. The fourth-order valence-corrected chi connectivity index (χ4v) is 2.08. The van der Waals surface area contributed by atoms with Crippen LogP contribution < -0.4 is 10.6 Å². The fraction of sp³-hybridized carbons (Fsp3) is 0.467. The molecule has 0 bridgehead atoms. The van der Waals surface area contributed by atoms with E-state index in [4.69, 9.17) is 0 Å². The minimum atomic E-state index is -0.692. The molecule has 0 spiro atoms. The second-order valence-corrected chi connectivity index (χ2v) is 5.37. The molecule has 7 nitrogen and oxygen atoms in total. The first-order valence-electron chi connectivity index (χ1n) is 7.11. The van der Waals surface area contributed by atoms with Gasteiger partial charge in [-0.2, -0.15) is 0 Å². The Kier molecular flexibility index (Phi) is 6.03. The van der Waals surface area contributed by atoms with Crippen LogP contribution in [0.2, 0.25) is 0 Å². The van der Waals surface area contributed by atoms with Crippen molar-refractivity contribution in [2.45, 2.75) is 40.2 Å². The zero-order valence-corrected chi connectivity index (χ0v) is 13.2. The van der Waals surface area contributed by atoms with E-state index in [1.807, 2.05) is 20.8 Å². The van der Waals surface area contributed by atoms with E-state index in [2.05, 4.69) is 10.6 Å². The summed E-state index contributed by atoms with van der Waals surface area (Å²) < 4.78 is 0. The van der Waals surface area contributed by atoms with Gasteiger partial charge in [-0.05, 0) is 18.4 Å². The van der Waals surface area contributed by atoms with E-state index in [0.717, 1.165) is 0 Å². The molecule has 0 heterocycles. The van der Waals surface area contributed by atoms with Crippen molar-refractivity contribution >= 4 is 23.2 Å². The molecule has 1 rings (SSSR count). The monoisotopic (exact) mass is 307 g/mol. The summed E-state index contributed by atoms with van der Waals surface area (Å²) in [4.78, 5) is 34.0. The molecule has 22 heavy (non-hydrogen) atoms. The van der Waals surface area contributed by atoms with Crippen LogP contribution in [0, 0.1) is 16.0 Å². The van der Waals surface area contributed by atoms with Crippen LogP contribution in [0.4, 0.5) is 11.4 Å². The van der Waals surface area contributed by atoms with Crippen molar-refractivity contribution in [2.75, 3.05) is 5.32 Å². The number of nitro benzene ring substituents is 1. The third kappa shape index (κ3) is 4.54. The van der Waals surface area contributed by atoms with Gasteiger partial charge in [-0.25, -0.2) is 0 Å². The Labute approximate surface area is 129 Å². The number of benzene rings is 1. The van der Waals surface area contributed by atoms with E-state index >= 15 is 0 Å². The molecule has 0 aliphatic carbocycles. The van der Waals surface area contributed by atoms with Gasteiger partial charge in [-0.15, -0.1) is 0 Å². The number of carbonyl (C=O) groups excluding carboxylic acids is 2. The Morgan fingerprint density at radius 2 is 1.95 bits per heavy atom. The predicted molar refractivity (Wildman–Crippen MR) is 83.5 cm³/mol. The van der Waals surface area contributed by atoms with Gasteiger partial charge < -0.3 is 10.6 Å². The number of nitrogens with zero attached hydrogens (tertiary/aromatic N) is 1. The maximum atomic E-state index is 12.2. The largest absolute Gasteiger partial charge is 0.344 e. The molecule has 2 N–H and O–H groups in total. The lowest BCUT2D eigenvalue weighted by molar-refractivity contribution is -0.385. The lowest BCUT2D eigenvalue weighted by Crippen LogP contribution is -2.46. The smallest absolute Gasteiger partial charge is 0.274 e. The van der Waals surface area contributed by atoms with Gasteiger partial charge in [0.25, 0.3) is 5.69 Å². The van der Waals surface area contributed by atoms with Crippen molar-refractivity contribution in [3.8, 4) is 0 Å². The standard InChI is InChI=1S/C15H21N3O4/c1-5-11-6-7-12(8-13(11)18(21)22)17-15(20)14(9(2)3)16-10(4)19/h6-9,14H,5H2,1-4H3,(H,16,19)(H,17,20). The lowest BCUT2D eigenvalue weighted by Gasteiger charge is -2.21. The number of nitrogens with one attached hydrogen (secondary N) is 2. The van der Waals surface area contributed by atoms with Gasteiger partial charge in [-0.1, -0.05) is 26.8 Å². The van der Waals surface area contributed by atoms with Crippen molar-refractivity contribution in [3.63, 3.8) is 0 Å². The van der Waals surface area contributed by atoms with Crippen LogP contribution in [0.5, 0.6) is 0 Å². The molecular formula is C15H21N3O4. The van der Waals surface area contributed by atoms with Crippen LogP contribution in [-0.2, 0) is 16.0 Å². The first kappa shape index (κ1) is 17.6. The summed E-state index contributed by atoms with van der Waals surface area (Å²) in [5, 5.41) is 16.2. The van der Waals surface area contributed by atoms with E-state index in [1.165, 1.54) is 13.0 Å². The Bertz CT molecular complexity index is 584. The summed E-state index contributed by atoms with van der Waals surface area (Å²) in [6.07, 6.45) is 0.533. The summed E-state index contributed by atoms with van der Waals surface area (Å²) >= 11 is 0. The predicted octanol–water partition coefficient (Wildman–Crippen LogP) is 2.26. The van der Waals surface area contributed by atoms with Gasteiger partial charge in [0.1, 0.15) is 6.04 Å². The molecule has 0 aromatic heterocycles. The molecule has 1 unspecified atom stereocenters. The van der Waals surface area contributed by atoms with Crippen molar-refractivity contribution in [3.05, 3.63) is 33.9 Å². The second kappa shape index (κ2) is 7.53. The van der Waals surface area contributed by atoms with E-state index in [9.17, 15) is 19.7 Å². The lowest BCUT2D eigenvalue weighted by atomic mass is 10.0. The number of hydrogen-bond acceptors (Lipinski definition) is 4. The number of amides is 2. The van der Waals surface area contributed by atoms with Crippen LogP contribution in [0.15, 0.2) is 18.2 Å². The van der Waals surface area contributed by atoms with Crippen molar-refractivity contribution in [1.82, 2.24) is 5.32 Å². The normalized spacial score (nSPS) is 11.9. The molecule has 1 aromatic carbocycles.